The number of nitrogens with one attached hydrogen (secondary N) is 2. The molecular weight excluding hydrogens is 390 g/mol. The Hall–Kier alpha value is -2.05. The molecule has 2 N–H and O–H groups in total. The van der Waals surface area contributed by atoms with Crippen LogP contribution in [0.1, 0.15) is 39.0 Å². The lowest BCUT2D eigenvalue weighted by Crippen LogP contribution is -2.35. The SMILES string of the molecule is C=C(CC)SC(=C)CNC1CCC(CNc2nc(N(C)C)c3ccccc3n2)CC1. The highest BCUT2D eigenvalue weighted by molar-refractivity contribution is 8.06. The number of benzene rings is 1. The average Bonchev–Trinajstić information content (AvgIpc) is 2.76. The molecule has 2 aromatic rings. The van der Waals surface area contributed by atoms with E-state index in [0.717, 1.165) is 47.1 Å². The number of aromatic nitrogens is 2. The summed E-state index contributed by atoms with van der Waals surface area (Å²) >= 11 is 1.72. The highest BCUT2D eigenvalue weighted by Gasteiger charge is 2.21. The first-order valence-electron chi connectivity index (χ1n) is 10.9. The minimum Gasteiger partial charge on any atom is -0.362 e. The summed E-state index contributed by atoms with van der Waals surface area (Å²) in [6.07, 6.45) is 5.86. The minimum absolute atomic E-state index is 0.589. The number of thioether (sulfide) groups is 1. The van der Waals surface area contributed by atoms with E-state index in [1.807, 2.05) is 37.2 Å². The zero-order chi connectivity index (χ0) is 21.5. The normalized spacial score (nSPS) is 18.9. The second kappa shape index (κ2) is 10.8. The van der Waals surface area contributed by atoms with E-state index >= 15 is 0 Å². The van der Waals surface area contributed by atoms with Crippen LogP contribution in [0.15, 0.2) is 47.2 Å². The van der Waals surface area contributed by atoms with E-state index in [1.165, 1.54) is 30.6 Å². The molecule has 1 heterocycles. The number of para-hydroxylation sites is 1. The molecule has 1 aliphatic carbocycles. The van der Waals surface area contributed by atoms with Crippen LogP contribution in [-0.2, 0) is 0 Å². The van der Waals surface area contributed by atoms with Crippen LogP contribution in [0.3, 0.4) is 0 Å². The van der Waals surface area contributed by atoms with Gasteiger partial charge in [-0.3, -0.25) is 0 Å². The predicted octanol–water partition coefficient (Wildman–Crippen LogP) is 5.43. The second-order valence-corrected chi connectivity index (χ2v) is 9.65. The molecule has 1 fully saturated rings. The molecule has 0 aliphatic heterocycles. The molecule has 3 rings (SSSR count). The Labute approximate surface area is 185 Å². The van der Waals surface area contributed by atoms with Crippen molar-refractivity contribution in [2.24, 2.45) is 5.92 Å². The van der Waals surface area contributed by atoms with Gasteiger partial charge in [0, 0.05) is 38.6 Å². The zero-order valence-corrected chi connectivity index (χ0v) is 19.4. The van der Waals surface area contributed by atoms with Gasteiger partial charge in [0.1, 0.15) is 5.82 Å². The number of anilines is 2. The highest BCUT2D eigenvalue weighted by atomic mass is 32.2. The third-order valence-corrected chi connectivity index (χ3v) is 6.68. The lowest BCUT2D eigenvalue weighted by atomic mass is 9.86. The van der Waals surface area contributed by atoms with E-state index in [0.29, 0.717) is 12.0 Å². The van der Waals surface area contributed by atoms with E-state index < -0.39 is 0 Å². The lowest BCUT2D eigenvalue weighted by Gasteiger charge is -2.29. The summed E-state index contributed by atoms with van der Waals surface area (Å²) in [5, 5.41) is 8.26. The van der Waals surface area contributed by atoms with E-state index in [9.17, 15) is 0 Å². The number of fused-ring (bicyclic) bond motifs is 1. The molecule has 0 amide bonds. The quantitative estimate of drug-likeness (QED) is 0.530. The van der Waals surface area contributed by atoms with Gasteiger partial charge < -0.3 is 15.5 Å². The molecule has 0 radical (unpaired) electrons. The Morgan fingerprint density at radius 2 is 1.83 bits per heavy atom. The number of rotatable bonds is 10. The Morgan fingerprint density at radius 1 is 1.10 bits per heavy atom. The maximum atomic E-state index is 4.75. The van der Waals surface area contributed by atoms with Crippen LogP contribution in [0.2, 0.25) is 0 Å². The van der Waals surface area contributed by atoms with Crippen LogP contribution < -0.4 is 15.5 Å². The van der Waals surface area contributed by atoms with Gasteiger partial charge in [-0.2, -0.15) is 4.98 Å². The van der Waals surface area contributed by atoms with Crippen molar-refractivity contribution in [3.05, 3.63) is 47.2 Å². The molecule has 0 spiro atoms. The largest absolute Gasteiger partial charge is 0.362 e. The number of nitrogens with zero attached hydrogens (tertiary/aromatic N) is 3. The van der Waals surface area contributed by atoms with Crippen LogP contribution in [0.25, 0.3) is 10.9 Å². The van der Waals surface area contributed by atoms with Crippen molar-refractivity contribution in [1.82, 2.24) is 15.3 Å². The lowest BCUT2D eigenvalue weighted by molar-refractivity contribution is 0.306. The molecule has 1 aromatic heterocycles. The van der Waals surface area contributed by atoms with Gasteiger partial charge in [0.15, 0.2) is 0 Å². The number of hydrogen-bond donors (Lipinski definition) is 2. The average molecular weight is 426 g/mol. The molecule has 6 heteroatoms. The van der Waals surface area contributed by atoms with Crippen molar-refractivity contribution in [1.29, 1.82) is 0 Å². The molecule has 0 bridgehead atoms. The summed E-state index contributed by atoms with van der Waals surface area (Å²) in [4.78, 5) is 13.9. The van der Waals surface area contributed by atoms with Crippen molar-refractivity contribution in [2.45, 2.75) is 45.1 Å². The maximum absolute atomic E-state index is 4.75. The first-order chi connectivity index (χ1) is 14.5. The van der Waals surface area contributed by atoms with Gasteiger partial charge >= 0.3 is 0 Å². The fourth-order valence-corrected chi connectivity index (χ4v) is 4.56. The minimum atomic E-state index is 0.589. The van der Waals surface area contributed by atoms with E-state index in [4.69, 9.17) is 9.97 Å². The van der Waals surface area contributed by atoms with Gasteiger partial charge in [0.05, 0.1) is 5.52 Å². The fourth-order valence-electron chi connectivity index (χ4n) is 3.86. The molecule has 0 saturated heterocycles. The molecule has 0 unspecified atom stereocenters. The van der Waals surface area contributed by atoms with E-state index in [1.54, 1.807) is 11.8 Å². The summed E-state index contributed by atoms with van der Waals surface area (Å²) < 4.78 is 0. The molecule has 5 nitrogen and oxygen atoms in total. The summed E-state index contributed by atoms with van der Waals surface area (Å²) in [6.45, 7) is 12.1. The molecular formula is C24H35N5S. The molecule has 1 aliphatic rings. The van der Waals surface area contributed by atoms with E-state index in [-0.39, 0.29) is 0 Å². The van der Waals surface area contributed by atoms with Gasteiger partial charge in [-0.05, 0) is 60.0 Å². The monoisotopic (exact) mass is 425 g/mol. The second-order valence-electron chi connectivity index (χ2n) is 8.29. The first-order valence-corrected chi connectivity index (χ1v) is 11.7. The van der Waals surface area contributed by atoms with Gasteiger partial charge in [-0.15, -0.1) is 0 Å². The smallest absolute Gasteiger partial charge is 0.225 e. The molecule has 30 heavy (non-hydrogen) atoms. The summed E-state index contributed by atoms with van der Waals surface area (Å²) in [5.74, 6) is 2.35. The molecule has 0 atom stereocenters. The Bertz CT molecular complexity index is 871. The van der Waals surface area contributed by atoms with Gasteiger partial charge in [0.2, 0.25) is 5.95 Å². The van der Waals surface area contributed by atoms with Crippen LogP contribution in [0.4, 0.5) is 11.8 Å². The van der Waals surface area contributed by atoms with E-state index in [2.05, 4.69) is 36.8 Å². The van der Waals surface area contributed by atoms with Crippen LogP contribution in [0.5, 0.6) is 0 Å². The fraction of sp³-hybridized carbons (Fsp3) is 0.500. The van der Waals surface area contributed by atoms with Crippen LogP contribution in [-0.4, -0.2) is 43.2 Å². The third-order valence-electron chi connectivity index (χ3n) is 5.67. The zero-order valence-electron chi connectivity index (χ0n) is 18.6. The Kier molecular flexibility index (Phi) is 8.16. The summed E-state index contributed by atoms with van der Waals surface area (Å²) in [5.41, 5.74) is 0.982. The Morgan fingerprint density at radius 3 is 2.53 bits per heavy atom. The molecule has 1 aromatic carbocycles. The summed E-state index contributed by atoms with van der Waals surface area (Å²) in [6, 6.07) is 8.78. The van der Waals surface area contributed by atoms with Crippen molar-refractivity contribution in [2.75, 3.05) is 37.4 Å². The van der Waals surface area contributed by atoms with Crippen molar-refractivity contribution < 1.29 is 0 Å². The summed E-state index contributed by atoms with van der Waals surface area (Å²) in [7, 11) is 4.05. The van der Waals surface area contributed by atoms with Gasteiger partial charge in [0.25, 0.3) is 0 Å². The van der Waals surface area contributed by atoms with Crippen molar-refractivity contribution >= 4 is 34.4 Å². The van der Waals surface area contributed by atoms with Crippen LogP contribution in [0, 0.1) is 5.92 Å². The maximum Gasteiger partial charge on any atom is 0.225 e. The van der Waals surface area contributed by atoms with Gasteiger partial charge in [-0.1, -0.05) is 44.0 Å². The van der Waals surface area contributed by atoms with Crippen LogP contribution >= 0.6 is 11.8 Å². The Balaban J connectivity index is 1.47. The highest BCUT2D eigenvalue weighted by Crippen LogP contribution is 2.28. The standard InChI is InChI=1S/C24H35N5S/c1-6-17(2)30-18(3)15-25-20-13-11-19(12-14-20)16-26-24-27-22-10-8-7-9-21(22)23(28-24)29(4)5/h7-10,19-20,25H,2-3,6,11-16H2,1,4-5H3,(H,26,27,28). The van der Waals surface area contributed by atoms with Crippen molar-refractivity contribution in [3.8, 4) is 0 Å². The number of allylic oxidation sites excluding steroid dienone is 1. The van der Waals surface area contributed by atoms with Crippen molar-refractivity contribution in [3.63, 3.8) is 0 Å². The predicted molar refractivity (Wildman–Crippen MR) is 132 cm³/mol. The third kappa shape index (κ3) is 6.22. The molecule has 1 saturated carbocycles. The van der Waals surface area contributed by atoms with Gasteiger partial charge in [-0.25, -0.2) is 4.98 Å². The number of hydrogen-bond acceptors (Lipinski definition) is 6. The first kappa shape index (κ1) is 22.6. The molecule has 162 valence electrons. The topological polar surface area (TPSA) is 53.1 Å².